The first-order valence-corrected chi connectivity index (χ1v) is 10.9. The van der Waals surface area contributed by atoms with Gasteiger partial charge in [-0.15, -0.1) is 0 Å². The molecule has 1 heterocycles. The van der Waals surface area contributed by atoms with Gasteiger partial charge in [-0.2, -0.15) is 0 Å². The van der Waals surface area contributed by atoms with Crippen LogP contribution in [-0.4, -0.2) is 71.4 Å². The molecule has 0 radical (unpaired) electrons. The van der Waals surface area contributed by atoms with Crippen LogP contribution < -0.4 is 10.6 Å². The summed E-state index contributed by atoms with van der Waals surface area (Å²) in [5.74, 6) is 0.907. The normalized spacial score (nSPS) is 18.4. The van der Waals surface area contributed by atoms with Gasteiger partial charge in [0.15, 0.2) is 5.96 Å². The standard InChI is InChI=1S/C16H33N3O4S/c1-4-17-16(19-14(2)8-13-24(3,20)21)18-9-5-10-23-15-6-11-22-12-7-15/h14-15H,4-13H2,1-3H3,(H2,17,18,19). The predicted octanol–water partition coefficient (Wildman–Crippen LogP) is 0.950. The van der Waals surface area contributed by atoms with Crippen LogP contribution in [0, 0.1) is 0 Å². The van der Waals surface area contributed by atoms with Crippen LogP contribution in [0.25, 0.3) is 0 Å². The van der Waals surface area contributed by atoms with Crippen LogP contribution in [0.4, 0.5) is 0 Å². The predicted molar refractivity (Wildman–Crippen MR) is 97.3 cm³/mol. The number of hydrogen-bond acceptors (Lipinski definition) is 5. The second-order valence-electron chi connectivity index (χ2n) is 6.26. The molecule has 142 valence electrons. The SMILES string of the molecule is CCNC(=NCCCOC1CCOCC1)NC(C)CCS(C)(=O)=O. The minimum atomic E-state index is -2.93. The summed E-state index contributed by atoms with van der Waals surface area (Å²) in [6.45, 7) is 7.71. The maximum absolute atomic E-state index is 11.2. The van der Waals surface area contributed by atoms with Crippen molar-refractivity contribution in [1.29, 1.82) is 0 Å². The van der Waals surface area contributed by atoms with E-state index in [4.69, 9.17) is 9.47 Å². The molecule has 0 spiro atoms. The lowest BCUT2D eigenvalue weighted by Gasteiger charge is -2.22. The number of rotatable bonds is 10. The number of sulfone groups is 1. The molecule has 0 amide bonds. The first-order valence-electron chi connectivity index (χ1n) is 8.82. The molecule has 8 heteroatoms. The minimum Gasteiger partial charge on any atom is -0.381 e. The quantitative estimate of drug-likeness (QED) is 0.341. The lowest BCUT2D eigenvalue weighted by molar-refractivity contribution is -0.0318. The van der Waals surface area contributed by atoms with Gasteiger partial charge >= 0.3 is 0 Å². The van der Waals surface area contributed by atoms with Gasteiger partial charge in [-0.3, -0.25) is 4.99 Å². The zero-order valence-electron chi connectivity index (χ0n) is 15.2. The zero-order chi connectivity index (χ0) is 17.8. The maximum Gasteiger partial charge on any atom is 0.191 e. The Labute approximate surface area is 146 Å². The Morgan fingerprint density at radius 2 is 2.08 bits per heavy atom. The van der Waals surface area contributed by atoms with Crippen molar-refractivity contribution in [1.82, 2.24) is 10.6 Å². The molecule has 24 heavy (non-hydrogen) atoms. The number of hydrogen-bond donors (Lipinski definition) is 2. The summed E-state index contributed by atoms with van der Waals surface area (Å²) in [5.41, 5.74) is 0. The fourth-order valence-corrected chi connectivity index (χ4v) is 3.15. The van der Waals surface area contributed by atoms with E-state index in [-0.39, 0.29) is 11.8 Å². The van der Waals surface area contributed by atoms with E-state index < -0.39 is 9.84 Å². The number of guanidine groups is 1. The largest absolute Gasteiger partial charge is 0.381 e. The summed E-state index contributed by atoms with van der Waals surface area (Å²) in [6, 6.07) is 0.0519. The number of nitrogens with one attached hydrogen (secondary N) is 2. The molecule has 1 rings (SSSR count). The van der Waals surface area contributed by atoms with Crippen LogP contribution in [0.5, 0.6) is 0 Å². The summed E-state index contributed by atoms with van der Waals surface area (Å²) in [6.07, 6.45) is 4.97. The molecule has 1 fully saturated rings. The van der Waals surface area contributed by atoms with Crippen molar-refractivity contribution in [2.24, 2.45) is 4.99 Å². The molecule has 1 atom stereocenters. The topological polar surface area (TPSA) is 89.0 Å². The smallest absolute Gasteiger partial charge is 0.191 e. The first kappa shape index (κ1) is 21.2. The molecule has 2 N–H and O–H groups in total. The molecule has 1 aliphatic heterocycles. The fraction of sp³-hybridized carbons (Fsp3) is 0.938. The molecule has 0 aromatic rings. The van der Waals surface area contributed by atoms with E-state index in [1.54, 1.807) is 0 Å². The van der Waals surface area contributed by atoms with Gasteiger partial charge in [0.1, 0.15) is 9.84 Å². The Kier molecular flexibility index (Phi) is 10.3. The lowest BCUT2D eigenvalue weighted by Crippen LogP contribution is -2.43. The van der Waals surface area contributed by atoms with E-state index in [0.29, 0.717) is 25.7 Å². The maximum atomic E-state index is 11.2. The van der Waals surface area contributed by atoms with Crippen LogP contribution in [0.15, 0.2) is 4.99 Å². The highest BCUT2D eigenvalue weighted by atomic mass is 32.2. The number of nitrogens with zero attached hydrogens (tertiary/aromatic N) is 1. The molecule has 0 aromatic heterocycles. The third-order valence-electron chi connectivity index (χ3n) is 3.74. The van der Waals surface area contributed by atoms with E-state index in [2.05, 4.69) is 15.6 Å². The highest BCUT2D eigenvalue weighted by Gasteiger charge is 2.13. The van der Waals surface area contributed by atoms with Gasteiger partial charge in [-0.05, 0) is 39.5 Å². The second-order valence-corrected chi connectivity index (χ2v) is 8.52. The van der Waals surface area contributed by atoms with Crippen LogP contribution in [-0.2, 0) is 19.3 Å². The number of aliphatic imine (C=N–C) groups is 1. The van der Waals surface area contributed by atoms with E-state index in [1.165, 1.54) is 6.26 Å². The fourth-order valence-electron chi connectivity index (χ4n) is 2.36. The van der Waals surface area contributed by atoms with Crippen molar-refractivity contribution in [3.8, 4) is 0 Å². The Bertz CT molecular complexity index is 462. The molecule has 0 aliphatic carbocycles. The average Bonchev–Trinajstić information content (AvgIpc) is 2.53. The van der Waals surface area contributed by atoms with Crippen LogP contribution in [0.3, 0.4) is 0 Å². The molecule has 0 bridgehead atoms. The van der Waals surface area contributed by atoms with E-state index in [0.717, 1.165) is 45.0 Å². The zero-order valence-corrected chi connectivity index (χ0v) is 16.0. The second kappa shape index (κ2) is 11.7. The van der Waals surface area contributed by atoms with Crippen LogP contribution in [0.2, 0.25) is 0 Å². The summed E-state index contributed by atoms with van der Waals surface area (Å²) < 4.78 is 33.6. The Morgan fingerprint density at radius 3 is 2.71 bits per heavy atom. The van der Waals surface area contributed by atoms with E-state index in [1.807, 2.05) is 13.8 Å². The van der Waals surface area contributed by atoms with Crippen LogP contribution in [0.1, 0.15) is 39.5 Å². The van der Waals surface area contributed by atoms with Gasteiger partial charge in [0.2, 0.25) is 0 Å². The van der Waals surface area contributed by atoms with Crippen molar-refractivity contribution in [2.75, 3.05) is 44.9 Å². The summed E-state index contributed by atoms with van der Waals surface area (Å²) in [4.78, 5) is 4.52. The first-order chi connectivity index (χ1) is 11.4. The van der Waals surface area contributed by atoms with Crippen molar-refractivity contribution < 1.29 is 17.9 Å². The third-order valence-corrected chi connectivity index (χ3v) is 4.72. The molecular weight excluding hydrogens is 330 g/mol. The Hall–Kier alpha value is -0.860. The van der Waals surface area contributed by atoms with Gasteiger partial charge in [-0.1, -0.05) is 0 Å². The summed E-state index contributed by atoms with van der Waals surface area (Å²) in [5, 5.41) is 6.43. The highest BCUT2D eigenvalue weighted by Crippen LogP contribution is 2.10. The third kappa shape index (κ3) is 10.8. The van der Waals surface area contributed by atoms with Crippen molar-refractivity contribution in [2.45, 2.75) is 51.7 Å². The minimum absolute atomic E-state index is 0.0519. The summed E-state index contributed by atoms with van der Waals surface area (Å²) >= 11 is 0. The molecule has 0 aromatic carbocycles. The molecule has 1 aliphatic rings. The average molecular weight is 364 g/mol. The number of ether oxygens (including phenoxy) is 2. The van der Waals surface area contributed by atoms with E-state index >= 15 is 0 Å². The van der Waals surface area contributed by atoms with Gasteiger partial charge < -0.3 is 20.1 Å². The van der Waals surface area contributed by atoms with Crippen molar-refractivity contribution in [3.63, 3.8) is 0 Å². The van der Waals surface area contributed by atoms with E-state index in [9.17, 15) is 8.42 Å². The molecule has 1 unspecified atom stereocenters. The van der Waals surface area contributed by atoms with Crippen LogP contribution >= 0.6 is 0 Å². The van der Waals surface area contributed by atoms with Crippen molar-refractivity contribution in [3.05, 3.63) is 0 Å². The molecule has 7 nitrogen and oxygen atoms in total. The van der Waals surface area contributed by atoms with Gasteiger partial charge in [0.05, 0.1) is 11.9 Å². The van der Waals surface area contributed by atoms with Gasteiger partial charge in [0.25, 0.3) is 0 Å². The highest BCUT2D eigenvalue weighted by molar-refractivity contribution is 7.90. The lowest BCUT2D eigenvalue weighted by atomic mass is 10.1. The molecule has 0 saturated carbocycles. The Morgan fingerprint density at radius 1 is 1.38 bits per heavy atom. The van der Waals surface area contributed by atoms with Crippen molar-refractivity contribution >= 4 is 15.8 Å². The molecular formula is C16H33N3O4S. The van der Waals surface area contributed by atoms with Gasteiger partial charge in [0, 0.05) is 45.2 Å². The Balaban J connectivity index is 2.25. The monoisotopic (exact) mass is 363 g/mol. The van der Waals surface area contributed by atoms with Gasteiger partial charge in [-0.25, -0.2) is 8.42 Å². The molecule has 1 saturated heterocycles. The summed E-state index contributed by atoms with van der Waals surface area (Å²) in [7, 11) is -2.93.